The molecular formula is C42H66O15. The van der Waals surface area contributed by atoms with Gasteiger partial charge in [-0.25, -0.2) is 4.79 Å². The normalized spacial score (nSPS) is 53.3. The minimum Gasteiger partial charge on any atom is -0.479 e. The van der Waals surface area contributed by atoms with Crippen LogP contribution in [-0.4, -0.2) is 139 Å². The van der Waals surface area contributed by atoms with Gasteiger partial charge < -0.3 is 64.9 Å². The third-order valence-corrected chi connectivity index (χ3v) is 17.3. The molecule has 2 unspecified atom stereocenters. The molecule has 324 valence electrons. The van der Waals surface area contributed by atoms with Crippen LogP contribution in [0.15, 0.2) is 11.6 Å². The van der Waals surface area contributed by atoms with E-state index in [-0.39, 0.29) is 46.0 Å². The van der Waals surface area contributed by atoms with Crippen molar-refractivity contribution in [2.24, 2.45) is 50.2 Å². The number of fused-ring (bicyclic) bond motifs is 7. The first-order chi connectivity index (χ1) is 26.5. The average Bonchev–Trinajstić information content (AvgIpc) is 3.16. The largest absolute Gasteiger partial charge is 0.479 e. The Bertz CT molecular complexity index is 1590. The lowest BCUT2D eigenvalue weighted by Crippen LogP contribution is -2.67. The lowest BCUT2D eigenvalue weighted by atomic mass is 9.33. The molecule has 0 spiro atoms. The number of carbonyl (C=O) groups excluding carboxylic acids is 1. The van der Waals surface area contributed by atoms with E-state index < -0.39 is 96.9 Å². The van der Waals surface area contributed by atoms with Crippen LogP contribution < -0.4 is 0 Å². The second-order valence-corrected chi connectivity index (χ2v) is 20.5. The second kappa shape index (κ2) is 14.7. The Labute approximate surface area is 334 Å². The van der Waals surface area contributed by atoms with E-state index in [1.165, 1.54) is 5.57 Å². The van der Waals surface area contributed by atoms with E-state index in [4.69, 9.17) is 18.9 Å². The number of ether oxygens (including phenoxy) is 4. The molecule has 0 aromatic heterocycles. The van der Waals surface area contributed by atoms with Gasteiger partial charge in [0.15, 0.2) is 12.4 Å². The molecule has 0 radical (unpaired) electrons. The molecule has 57 heavy (non-hydrogen) atoms. The summed E-state index contributed by atoms with van der Waals surface area (Å²) < 4.78 is 23.4. The molecule has 15 nitrogen and oxygen atoms in total. The van der Waals surface area contributed by atoms with E-state index in [9.17, 15) is 55.5 Å². The predicted octanol–water partition coefficient (Wildman–Crippen LogP) is 1.38. The highest BCUT2D eigenvalue weighted by Gasteiger charge is 2.70. The number of carbonyl (C=O) groups is 2. The third-order valence-electron chi connectivity index (χ3n) is 17.3. The molecule has 2 saturated heterocycles. The molecule has 15 heteroatoms. The lowest BCUT2D eigenvalue weighted by molar-refractivity contribution is -0.327. The number of hydrogen-bond acceptors (Lipinski definition) is 14. The van der Waals surface area contributed by atoms with Crippen LogP contribution in [0.3, 0.4) is 0 Å². The van der Waals surface area contributed by atoms with Crippen LogP contribution in [0.5, 0.6) is 0 Å². The summed E-state index contributed by atoms with van der Waals surface area (Å²) in [6.07, 6.45) is -7.64. The topological polar surface area (TPSA) is 253 Å². The van der Waals surface area contributed by atoms with Gasteiger partial charge in [-0.05, 0) is 104 Å². The molecule has 9 N–H and O–H groups in total. The summed E-state index contributed by atoms with van der Waals surface area (Å²) in [6, 6.07) is 0. The smallest absolute Gasteiger partial charge is 0.335 e. The van der Waals surface area contributed by atoms with Gasteiger partial charge in [-0.3, -0.25) is 4.79 Å². The van der Waals surface area contributed by atoms with Crippen molar-refractivity contribution in [2.75, 3.05) is 13.2 Å². The summed E-state index contributed by atoms with van der Waals surface area (Å²) in [5, 5.41) is 93.6. The zero-order valence-corrected chi connectivity index (χ0v) is 34.1. The monoisotopic (exact) mass is 810 g/mol. The van der Waals surface area contributed by atoms with Gasteiger partial charge in [0, 0.05) is 5.41 Å². The quantitative estimate of drug-likeness (QED) is 0.100. The van der Waals surface area contributed by atoms with Crippen molar-refractivity contribution in [2.45, 2.75) is 173 Å². The van der Waals surface area contributed by atoms with Gasteiger partial charge in [-0.1, -0.05) is 53.2 Å². The van der Waals surface area contributed by atoms with E-state index in [1.54, 1.807) is 0 Å². The summed E-state index contributed by atoms with van der Waals surface area (Å²) >= 11 is 0. The summed E-state index contributed by atoms with van der Waals surface area (Å²) in [6.45, 7) is 12.6. The van der Waals surface area contributed by atoms with Gasteiger partial charge in [0.2, 0.25) is 6.29 Å². The molecule has 7 rings (SSSR count). The van der Waals surface area contributed by atoms with Crippen molar-refractivity contribution in [1.29, 1.82) is 0 Å². The fraction of sp³-hybridized carbons (Fsp3) is 0.905. The van der Waals surface area contributed by atoms with Crippen LogP contribution in [0.2, 0.25) is 0 Å². The van der Waals surface area contributed by atoms with Gasteiger partial charge in [0.1, 0.15) is 42.7 Å². The minimum absolute atomic E-state index is 0.0262. The Kier molecular flexibility index (Phi) is 11.2. The maximum absolute atomic E-state index is 14.6. The number of rotatable bonds is 7. The summed E-state index contributed by atoms with van der Waals surface area (Å²) in [4.78, 5) is 26.4. The number of carboxylic acids is 1. The maximum atomic E-state index is 14.6. The lowest BCUT2D eigenvalue weighted by Gasteiger charge is -2.71. The number of aliphatic hydroxyl groups is 8. The highest BCUT2D eigenvalue weighted by Crippen LogP contribution is 2.76. The predicted molar refractivity (Wildman–Crippen MR) is 200 cm³/mol. The zero-order valence-electron chi connectivity index (χ0n) is 34.1. The van der Waals surface area contributed by atoms with Crippen molar-refractivity contribution in [3.8, 4) is 0 Å². The third kappa shape index (κ3) is 6.39. The van der Waals surface area contributed by atoms with Gasteiger partial charge in [0.05, 0.1) is 24.7 Å². The standard InChI is InChI=1S/C42H66O15/c1-37(2)13-15-42(36(53)57-34-30(49)27(46)26(45)22(18-43)54-34)16-14-40(5)20(21(42)17-37)7-8-24-38(3)11-10-25(39(4,19-44)23(38)9-12-41(24,40)6)55-35-31(50)28(47)29(48)32(56-35)33(51)52/h7,21-32,34-35,43-50H,8-19H2,1-6H3,(H,51,52)/t21?,22-,23?,24-,25+,26-,27+,28+,29+,30-,31-,32+,34+,35-,38+,39+,40-,41-,42+/m1/s1. The molecule has 5 aliphatic carbocycles. The maximum Gasteiger partial charge on any atom is 0.335 e. The molecule has 0 aromatic rings. The van der Waals surface area contributed by atoms with Gasteiger partial charge in [0.25, 0.3) is 0 Å². The number of allylic oxidation sites excluding steroid dienone is 2. The molecule has 0 amide bonds. The van der Waals surface area contributed by atoms with E-state index in [1.807, 2.05) is 6.92 Å². The number of esters is 1. The van der Waals surface area contributed by atoms with Crippen molar-refractivity contribution < 1.29 is 74.5 Å². The van der Waals surface area contributed by atoms with Crippen molar-refractivity contribution in [1.82, 2.24) is 0 Å². The molecule has 0 bridgehead atoms. The Morgan fingerprint density at radius 2 is 1.40 bits per heavy atom. The molecule has 0 aromatic carbocycles. The Hall–Kier alpha value is -1.76. The fourth-order valence-electron chi connectivity index (χ4n) is 13.6. The summed E-state index contributed by atoms with van der Waals surface area (Å²) in [5.74, 6) is -1.98. The van der Waals surface area contributed by atoms with Crippen molar-refractivity contribution in [3.05, 3.63) is 11.6 Å². The highest BCUT2D eigenvalue weighted by molar-refractivity contribution is 5.79. The highest BCUT2D eigenvalue weighted by atomic mass is 16.7. The average molecular weight is 811 g/mol. The first-order valence-corrected chi connectivity index (χ1v) is 21.0. The van der Waals surface area contributed by atoms with Crippen LogP contribution in [0, 0.1) is 50.2 Å². The SMILES string of the molecule is CC1(C)CC[C@]2(C(=O)O[C@@H]3O[C@H](CO)[C@@H](O)[C@H](O)[C@H]3O)CC[C@]3(C)C(=CC[C@@H]4[C@@]5(C)CC[C@H](O[C@@H]6O[C@H](C(=O)O)[C@@H](O)[C@H](O)[C@H]6O)[C@@](C)(CO)C5CC[C@]43C)C2C1. The van der Waals surface area contributed by atoms with E-state index in [2.05, 4.69) is 40.7 Å². The van der Waals surface area contributed by atoms with Crippen LogP contribution in [0.25, 0.3) is 0 Å². The van der Waals surface area contributed by atoms with Crippen LogP contribution in [-0.2, 0) is 28.5 Å². The first kappa shape index (κ1) is 43.3. The molecular weight excluding hydrogens is 744 g/mol. The number of aliphatic carboxylic acids is 1. The Balaban J connectivity index is 1.17. The Morgan fingerprint density at radius 1 is 0.754 bits per heavy atom. The van der Waals surface area contributed by atoms with Crippen LogP contribution in [0.1, 0.15) is 106 Å². The number of carboxylic acid groups (broad SMARTS) is 1. The number of hydrogen-bond donors (Lipinski definition) is 9. The zero-order chi connectivity index (χ0) is 41.8. The molecule has 19 atom stereocenters. The van der Waals surface area contributed by atoms with E-state index in [0.29, 0.717) is 25.7 Å². The summed E-state index contributed by atoms with van der Waals surface area (Å²) in [7, 11) is 0. The minimum atomic E-state index is -1.84. The Morgan fingerprint density at radius 3 is 2.05 bits per heavy atom. The van der Waals surface area contributed by atoms with Gasteiger partial charge >= 0.3 is 11.9 Å². The van der Waals surface area contributed by atoms with Crippen LogP contribution >= 0.6 is 0 Å². The van der Waals surface area contributed by atoms with Crippen LogP contribution in [0.4, 0.5) is 0 Å². The van der Waals surface area contributed by atoms with E-state index in [0.717, 1.165) is 38.5 Å². The van der Waals surface area contributed by atoms with E-state index >= 15 is 0 Å². The first-order valence-electron chi connectivity index (χ1n) is 21.0. The number of aliphatic hydroxyl groups excluding tert-OH is 8. The van der Waals surface area contributed by atoms with Crippen molar-refractivity contribution in [3.63, 3.8) is 0 Å². The molecule has 2 aliphatic heterocycles. The summed E-state index contributed by atoms with van der Waals surface area (Å²) in [5.41, 5.74) is -1.27. The molecule has 4 saturated carbocycles. The van der Waals surface area contributed by atoms with Gasteiger partial charge in [-0.2, -0.15) is 0 Å². The van der Waals surface area contributed by atoms with Gasteiger partial charge in [-0.15, -0.1) is 0 Å². The molecule has 6 fully saturated rings. The molecule has 7 aliphatic rings. The molecule has 2 heterocycles. The van der Waals surface area contributed by atoms with Crippen molar-refractivity contribution >= 4 is 11.9 Å². The second-order valence-electron chi connectivity index (χ2n) is 20.5. The fourth-order valence-corrected chi connectivity index (χ4v) is 13.6.